The molecule has 4 rings (SSSR count). The summed E-state index contributed by atoms with van der Waals surface area (Å²) >= 11 is 0. The largest absolute Gasteiger partial charge is 0.337 e. The van der Waals surface area contributed by atoms with Crippen molar-refractivity contribution in [3.05, 3.63) is 58.7 Å². The van der Waals surface area contributed by atoms with Crippen LogP contribution in [0.15, 0.2) is 36.4 Å². The maximum Gasteiger partial charge on any atom is 0.326 e. The molecule has 0 aliphatic carbocycles. The molecule has 24 heavy (non-hydrogen) atoms. The molecule has 3 amide bonds. The van der Waals surface area contributed by atoms with Crippen LogP contribution in [0.3, 0.4) is 0 Å². The molecule has 2 aromatic rings. The van der Waals surface area contributed by atoms with Crippen molar-refractivity contribution < 1.29 is 9.59 Å². The number of nitrogens with zero attached hydrogens (tertiary/aromatic N) is 2. The number of aryl methyl sites for hydroxylation is 1. The molecule has 0 bridgehead atoms. The normalized spacial score (nSPS) is 15.5. The van der Waals surface area contributed by atoms with Gasteiger partial charge in [0, 0.05) is 42.6 Å². The lowest BCUT2D eigenvalue weighted by atomic mass is 10.1. The van der Waals surface area contributed by atoms with Gasteiger partial charge in [0.1, 0.15) is 0 Å². The molecule has 1 N–H and O–H groups in total. The van der Waals surface area contributed by atoms with Crippen LogP contribution in [0.25, 0.3) is 0 Å². The quantitative estimate of drug-likeness (QED) is 0.877. The minimum absolute atomic E-state index is 0.00300. The molecule has 0 saturated heterocycles. The van der Waals surface area contributed by atoms with Crippen LogP contribution in [0.1, 0.15) is 27.0 Å². The van der Waals surface area contributed by atoms with Crippen molar-refractivity contribution in [2.45, 2.75) is 19.9 Å². The van der Waals surface area contributed by atoms with Crippen LogP contribution < -0.4 is 10.2 Å². The van der Waals surface area contributed by atoms with E-state index in [1.165, 1.54) is 5.56 Å². The Balaban J connectivity index is 1.62. The summed E-state index contributed by atoms with van der Waals surface area (Å²) in [5.41, 5.74) is 5.60. The molecule has 2 aromatic carbocycles. The topological polar surface area (TPSA) is 52.7 Å². The number of nitrogens with one attached hydrogen (secondary N) is 1. The fourth-order valence-electron chi connectivity index (χ4n) is 3.47. The zero-order valence-corrected chi connectivity index (χ0v) is 13.8. The van der Waals surface area contributed by atoms with Crippen LogP contribution in [-0.4, -0.2) is 30.4 Å². The molecule has 122 valence electrons. The fraction of sp³-hybridized carbons (Fsp3) is 0.263. The highest BCUT2D eigenvalue weighted by Crippen LogP contribution is 2.32. The molecule has 2 aliphatic heterocycles. The molecular formula is C19H19N3O2. The first-order valence-corrected chi connectivity index (χ1v) is 8.10. The van der Waals surface area contributed by atoms with Crippen molar-refractivity contribution >= 4 is 23.3 Å². The minimum atomic E-state index is -0.144. The standard InChI is InChI=1S/C19H19N3O2/c1-12-6-7-13-8-9-22(17(13)10-12)19(24)20-16-5-3-4-14-15(16)11-21(2)18(14)23/h3-7,10H,8-9,11H2,1-2H3,(H,20,24). The van der Waals surface area contributed by atoms with Gasteiger partial charge in [0.2, 0.25) is 0 Å². The predicted octanol–water partition coefficient (Wildman–Crippen LogP) is 3.18. The van der Waals surface area contributed by atoms with E-state index in [-0.39, 0.29) is 11.9 Å². The second-order valence-electron chi connectivity index (χ2n) is 6.46. The molecule has 0 spiro atoms. The van der Waals surface area contributed by atoms with Crippen molar-refractivity contribution in [1.82, 2.24) is 4.90 Å². The molecule has 0 saturated carbocycles. The fourth-order valence-corrected chi connectivity index (χ4v) is 3.47. The van der Waals surface area contributed by atoms with E-state index < -0.39 is 0 Å². The average molecular weight is 321 g/mol. The molecule has 0 atom stereocenters. The molecular weight excluding hydrogens is 302 g/mol. The van der Waals surface area contributed by atoms with Gasteiger partial charge in [-0.25, -0.2) is 4.79 Å². The van der Waals surface area contributed by atoms with E-state index in [1.807, 2.05) is 25.1 Å². The molecule has 0 aromatic heterocycles. The molecule has 0 radical (unpaired) electrons. The van der Waals surface area contributed by atoms with Crippen LogP contribution in [0.4, 0.5) is 16.2 Å². The Labute approximate surface area is 140 Å². The van der Waals surface area contributed by atoms with E-state index in [4.69, 9.17) is 0 Å². The van der Waals surface area contributed by atoms with Gasteiger partial charge < -0.3 is 10.2 Å². The first-order valence-electron chi connectivity index (χ1n) is 8.10. The van der Waals surface area contributed by atoms with Gasteiger partial charge in [-0.15, -0.1) is 0 Å². The minimum Gasteiger partial charge on any atom is -0.337 e. The van der Waals surface area contributed by atoms with Gasteiger partial charge in [-0.2, -0.15) is 0 Å². The molecule has 5 nitrogen and oxygen atoms in total. The number of amides is 3. The van der Waals surface area contributed by atoms with Crippen LogP contribution >= 0.6 is 0 Å². The van der Waals surface area contributed by atoms with Crippen LogP contribution in [-0.2, 0) is 13.0 Å². The SMILES string of the molecule is Cc1ccc2c(c1)N(C(=O)Nc1cccc3c1CN(C)C3=O)CC2. The lowest BCUT2D eigenvalue weighted by molar-refractivity contribution is 0.0816. The first kappa shape index (κ1) is 14.8. The van der Waals surface area contributed by atoms with E-state index >= 15 is 0 Å². The summed E-state index contributed by atoms with van der Waals surface area (Å²) in [6.07, 6.45) is 0.872. The molecule has 2 aliphatic rings. The van der Waals surface area contributed by atoms with Crippen molar-refractivity contribution in [2.75, 3.05) is 23.8 Å². The van der Waals surface area contributed by atoms with Crippen LogP contribution in [0, 0.1) is 6.92 Å². The Morgan fingerprint density at radius 2 is 2.04 bits per heavy atom. The number of hydrogen-bond donors (Lipinski definition) is 1. The highest BCUT2D eigenvalue weighted by molar-refractivity contribution is 6.06. The molecule has 5 heteroatoms. The zero-order chi connectivity index (χ0) is 16.8. The number of carbonyl (C=O) groups is 2. The van der Waals surface area contributed by atoms with Gasteiger partial charge in [0.25, 0.3) is 5.91 Å². The Kier molecular flexibility index (Phi) is 3.30. The van der Waals surface area contributed by atoms with Gasteiger partial charge in [-0.05, 0) is 42.7 Å². The van der Waals surface area contributed by atoms with Gasteiger partial charge in [-0.1, -0.05) is 18.2 Å². The van der Waals surface area contributed by atoms with Gasteiger partial charge in [0.05, 0.1) is 0 Å². The van der Waals surface area contributed by atoms with Gasteiger partial charge in [-0.3, -0.25) is 9.69 Å². The summed E-state index contributed by atoms with van der Waals surface area (Å²) in [5, 5.41) is 2.99. The average Bonchev–Trinajstić information content (AvgIpc) is 3.10. The Bertz CT molecular complexity index is 860. The van der Waals surface area contributed by atoms with Crippen molar-refractivity contribution in [3.8, 4) is 0 Å². The Morgan fingerprint density at radius 1 is 1.21 bits per heavy atom. The Hall–Kier alpha value is -2.82. The van der Waals surface area contributed by atoms with Gasteiger partial charge >= 0.3 is 6.03 Å². The van der Waals surface area contributed by atoms with Gasteiger partial charge in [0.15, 0.2) is 0 Å². The number of rotatable bonds is 1. The monoisotopic (exact) mass is 321 g/mol. The maximum atomic E-state index is 12.8. The van der Waals surface area contributed by atoms with E-state index in [1.54, 1.807) is 16.8 Å². The third kappa shape index (κ3) is 2.24. The zero-order valence-electron chi connectivity index (χ0n) is 13.8. The predicted molar refractivity (Wildman–Crippen MR) is 93.5 cm³/mol. The van der Waals surface area contributed by atoms with Crippen molar-refractivity contribution in [1.29, 1.82) is 0 Å². The summed E-state index contributed by atoms with van der Waals surface area (Å²) in [6.45, 7) is 3.24. The summed E-state index contributed by atoms with van der Waals surface area (Å²) in [6, 6.07) is 11.6. The molecule has 0 unspecified atom stereocenters. The van der Waals surface area contributed by atoms with Crippen molar-refractivity contribution in [2.24, 2.45) is 0 Å². The highest BCUT2D eigenvalue weighted by Gasteiger charge is 2.29. The number of hydrogen-bond acceptors (Lipinski definition) is 2. The smallest absolute Gasteiger partial charge is 0.326 e. The highest BCUT2D eigenvalue weighted by atomic mass is 16.2. The lowest BCUT2D eigenvalue weighted by Crippen LogP contribution is -2.33. The van der Waals surface area contributed by atoms with E-state index in [9.17, 15) is 9.59 Å². The van der Waals surface area contributed by atoms with E-state index in [0.29, 0.717) is 18.7 Å². The third-order valence-electron chi connectivity index (χ3n) is 4.77. The lowest BCUT2D eigenvalue weighted by Gasteiger charge is -2.19. The number of fused-ring (bicyclic) bond motifs is 2. The molecule has 2 heterocycles. The Morgan fingerprint density at radius 3 is 2.88 bits per heavy atom. The van der Waals surface area contributed by atoms with Crippen LogP contribution in [0.5, 0.6) is 0 Å². The summed E-state index contributed by atoms with van der Waals surface area (Å²) < 4.78 is 0. The van der Waals surface area contributed by atoms with E-state index in [2.05, 4.69) is 23.5 Å². The number of benzene rings is 2. The summed E-state index contributed by atoms with van der Waals surface area (Å²) in [5.74, 6) is 0.00300. The van der Waals surface area contributed by atoms with E-state index in [0.717, 1.165) is 28.9 Å². The van der Waals surface area contributed by atoms with Crippen LogP contribution in [0.2, 0.25) is 0 Å². The maximum absolute atomic E-state index is 12.8. The number of carbonyl (C=O) groups excluding carboxylic acids is 2. The van der Waals surface area contributed by atoms with Crippen molar-refractivity contribution in [3.63, 3.8) is 0 Å². The first-order chi connectivity index (χ1) is 11.5. The number of anilines is 2. The second kappa shape index (κ2) is 5.37. The molecule has 0 fully saturated rings. The summed E-state index contributed by atoms with van der Waals surface area (Å²) in [4.78, 5) is 28.3. The number of urea groups is 1. The second-order valence-corrected chi connectivity index (χ2v) is 6.46. The third-order valence-corrected chi connectivity index (χ3v) is 4.77. The summed E-state index contributed by atoms with van der Waals surface area (Å²) in [7, 11) is 1.77.